The number of benzene rings is 1. The number of anilines is 1. The van der Waals surface area contributed by atoms with E-state index in [0.29, 0.717) is 24.3 Å². The number of carbonyl (C=O) groups is 2. The third-order valence-electron chi connectivity index (χ3n) is 3.71. The molecule has 6 heteroatoms. The van der Waals surface area contributed by atoms with E-state index in [-0.39, 0.29) is 18.0 Å². The van der Waals surface area contributed by atoms with Gasteiger partial charge in [0.25, 0.3) is 5.91 Å². The van der Waals surface area contributed by atoms with Crippen molar-refractivity contribution in [3.63, 3.8) is 0 Å². The third kappa shape index (κ3) is 4.61. The van der Waals surface area contributed by atoms with E-state index in [2.05, 4.69) is 5.32 Å². The van der Waals surface area contributed by atoms with Gasteiger partial charge in [-0.2, -0.15) is 0 Å². The molecular weight excluding hydrogens is 294 g/mol. The highest BCUT2D eigenvalue weighted by Gasteiger charge is 2.32. The molecule has 3 N–H and O–H groups in total. The number of ether oxygens (including phenoxy) is 1. The minimum absolute atomic E-state index is 0.0428. The van der Waals surface area contributed by atoms with Crippen molar-refractivity contribution < 1.29 is 14.3 Å². The number of rotatable bonds is 3. The van der Waals surface area contributed by atoms with Crippen LogP contribution in [-0.4, -0.2) is 41.6 Å². The molecule has 1 fully saturated rings. The zero-order valence-electron chi connectivity index (χ0n) is 14.0. The smallest absolute Gasteiger partial charge is 0.410 e. The normalized spacial score (nSPS) is 17.9. The number of nitrogens with zero attached hydrogens (tertiary/aromatic N) is 1. The molecule has 1 aromatic carbocycles. The van der Waals surface area contributed by atoms with Crippen molar-refractivity contribution >= 4 is 17.7 Å². The van der Waals surface area contributed by atoms with Crippen molar-refractivity contribution in [1.29, 1.82) is 0 Å². The second-order valence-corrected chi connectivity index (χ2v) is 6.77. The summed E-state index contributed by atoms with van der Waals surface area (Å²) in [7, 11) is 0. The number of likely N-dealkylation sites (tertiary alicyclic amines) is 1. The molecule has 0 unspecified atom stereocenters. The summed E-state index contributed by atoms with van der Waals surface area (Å²) in [6, 6.07) is 6.89. The first kappa shape index (κ1) is 17.1. The average Bonchev–Trinajstić information content (AvgIpc) is 2.92. The third-order valence-corrected chi connectivity index (χ3v) is 3.71. The zero-order chi connectivity index (χ0) is 17.0. The van der Waals surface area contributed by atoms with Crippen molar-refractivity contribution in [3.05, 3.63) is 29.8 Å². The molecule has 1 atom stereocenters. The van der Waals surface area contributed by atoms with Gasteiger partial charge >= 0.3 is 6.09 Å². The first-order valence-corrected chi connectivity index (χ1v) is 7.90. The summed E-state index contributed by atoms with van der Waals surface area (Å²) in [5.74, 6) is -0.223. The Hall–Kier alpha value is -2.24. The maximum Gasteiger partial charge on any atom is 0.410 e. The number of hydrogen-bond donors (Lipinski definition) is 2. The molecule has 0 aliphatic carbocycles. The fourth-order valence-corrected chi connectivity index (χ4v) is 2.62. The molecule has 0 radical (unpaired) electrons. The first-order valence-electron chi connectivity index (χ1n) is 7.90. The molecule has 1 aromatic rings. The molecule has 0 spiro atoms. The Morgan fingerprint density at radius 3 is 2.70 bits per heavy atom. The molecule has 23 heavy (non-hydrogen) atoms. The van der Waals surface area contributed by atoms with E-state index in [0.717, 1.165) is 12.8 Å². The Morgan fingerprint density at radius 1 is 1.35 bits per heavy atom. The molecule has 2 rings (SSSR count). The summed E-state index contributed by atoms with van der Waals surface area (Å²) in [6.07, 6.45) is 1.44. The van der Waals surface area contributed by atoms with Crippen LogP contribution in [0.5, 0.6) is 0 Å². The monoisotopic (exact) mass is 319 g/mol. The molecule has 1 aliphatic rings. The largest absolute Gasteiger partial charge is 0.444 e. The van der Waals surface area contributed by atoms with Crippen LogP contribution in [0.4, 0.5) is 10.5 Å². The molecule has 2 amide bonds. The molecule has 6 nitrogen and oxygen atoms in total. The van der Waals surface area contributed by atoms with E-state index in [1.165, 1.54) is 0 Å². The quantitative estimate of drug-likeness (QED) is 0.838. The topological polar surface area (TPSA) is 84.7 Å². The Morgan fingerprint density at radius 2 is 2.04 bits per heavy atom. The van der Waals surface area contributed by atoms with E-state index in [1.807, 2.05) is 20.8 Å². The van der Waals surface area contributed by atoms with Gasteiger partial charge in [-0.05, 0) is 45.7 Å². The van der Waals surface area contributed by atoms with Gasteiger partial charge in [0.2, 0.25) is 0 Å². The van der Waals surface area contributed by atoms with Gasteiger partial charge in [-0.1, -0.05) is 12.1 Å². The fourth-order valence-electron chi connectivity index (χ4n) is 2.62. The number of hydrogen-bond acceptors (Lipinski definition) is 4. The number of nitrogens with two attached hydrogens (primary N) is 1. The van der Waals surface area contributed by atoms with Crippen LogP contribution in [0.15, 0.2) is 24.3 Å². The van der Waals surface area contributed by atoms with E-state index in [9.17, 15) is 9.59 Å². The minimum Gasteiger partial charge on any atom is -0.444 e. The number of para-hydroxylation sites is 1. The van der Waals surface area contributed by atoms with Gasteiger partial charge in [0, 0.05) is 18.8 Å². The van der Waals surface area contributed by atoms with Gasteiger partial charge in [0.1, 0.15) is 5.60 Å². The van der Waals surface area contributed by atoms with Crippen LogP contribution in [-0.2, 0) is 4.74 Å². The lowest BCUT2D eigenvalue weighted by atomic mass is 10.1. The maximum absolute atomic E-state index is 12.2. The Balaban J connectivity index is 1.93. The molecule has 0 bridgehead atoms. The van der Waals surface area contributed by atoms with Gasteiger partial charge in [-0.15, -0.1) is 0 Å². The maximum atomic E-state index is 12.2. The number of nitrogens with one attached hydrogen (secondary N) is 1. The SMILES string of the molecule is CC(C)(C)OC(=O)N1CCC[C@H]1CNC(=O)c1ccccc1N. The van der Waals surface area contributed by atoms with Crippen LogP contribution < -0.4 is 11.1 Å². The van der Waals surface area contributed by atoms with E-state index in [1.54, 1.807) is 29.2 Å². The van der Waals surface area contributed by atoms with Gasteiger partial charge in [0.05, 0.1) is 11.6 Å². The van der Waals surface area contributed by atoms with Crippen LogP contribution >= 0.6 is 0 Å². The van der Waals surface area contributed by atoms with Crippen molar-refractivity contribution in [2.45, 2.75) is 45.3 Å². The van der Waals surface area contributed by atoms with Crippen LogP contribution in [0.2, 0.25) is 0 Å². The minimum atomic E-state index is -0.522. The van der Waals surface area contributed by atoms with Crippen LogP contribution in [0, 0.1) is 0 Å². The van der Waals surface area contributed by atoms with Crippen molar-refractivity contribution in [1.82, 2.24) is 10.2 Å². The molecule has 1 aliphatic heterocycles. The summed E-state index contributed by atoms with van der Waals surface area (Å²) in [5.41, 5.74) is 6.18. The lowest BCUT2D eigenvalue weighted by Gasteiger charge is -2.28. The van der Waals surface area contributed by atoms with Crippen molar-refractivity contribution in [2.24, 2.45) is 0 Å². The number of nitrogen functional groups attached to an aromatic ring is 1. The molecule has 1 heterocycles. The van der Waals surface area contributed by atoms with E-state index >= 15 is 0 Å². The van der Waals surface area contributed by atoms with Gasteiger partial charge < -0.3 is 20.7 Å². The van der Waals surface area contributed by atoms with E-state index < -0.39 is 5.60 Å². The number of carbonyl (C=O) groups excluding carboxylic acids is 2. The van der Waals surface area contributed by atoms with Crippen LogP contribution in [0.1, 0.15) is 44.0 Å². The Labute approximate surface area is 137 Å². The average molecular weight is 319 g/mol. The summed E-state index contributed by atoms with van der Waals surface area (Å²) < 4.78 is 5.42. The highest BCUT2D eigenvalue weighted by atomic mass is 16.6. The number of amides is 2. The molecule has 0 saturated carbocycles. The van der Waals surface area contributed by atoms with Crippen molar-refractivity contribution in [3.8, 4) is 0 Å². The fraction of sp³-hybridized carbons (Fsp3) is 0.529. The van der Waals surface area contributed by atoms with Gasteiger partial charge in [0.15, 0.2) is 0 Å². The second-order valence-electron chi connectivity index (χ2n) is 6.77. The highest BCUT2D eigenvalue weighted by molar-refractivity contribution is 5.99. The summed E-state index contributed by atoms with van der Waals surface area (Å²) in [5, 5.41) is 2.86. The molecule has 0 aromatic heterocycles. The predicted molar refractivity (Wildman–Crippen MR) is 89.1 cm³/mol. The second kappa shape index (κ2) is 6.89. The van der Waals surface area contributed by atoms with Crippen LogP contribution in [0.25, 0.3) is 0 Å². The summed E-state index contributed by atoms with van der Waals surface area (Å²) >= 11 is 0. The Bertz CT molecular complexity index is 581. The predicted octanol–water partition coefficient (Wildman–Crippen LogP) is 2.40. The zero-order valence-corrected chi connectivity index (χ0v) is 14.0. The highest BCUT2D eigenvalue weighted by Crippen LogP contribution is 2.20. The summed E-state index contributed by atoms with van der Waals surface area (Å²) in [4.78, 5) is 26.1. The lowest BCUT2D eigenvalue weighted by molar-refractivity contribution is 0.0225. The van der Waals surface area contributed by atoms with Gasteiger partial charge in [-0.25, -0.2) is 4.79 Å². The van der Waals surface area contributed by atoms with Crippen molar-refractivity contribution in [2.75, 3.05) is 18.8 Å². The molecule has 126 valence electrons. The van der Waals surface area contributed by atoms with Gasteiger partial charge in [-0.3, -0.25) is 4.79 Å². The van der Waals surface area contributed by atoms with Crippen LogP contribution in [0.3, 0.4) is 0 Å². The van der Waals surface area contributed by atoms with E-state index in [4.69, 9.17) is 10.5 Å². The Kier molecular flexibility index (Phi) is 5.13. The standard InChI is InChI=1S/C17H25N3O3/c1-17(2,3)23-16(22)20-10-6-7-12(20)11-19-15(21)13-8-4-5-9-14(13)18/h4-5,8-9,12H,6-7,10-11,18H2,1-3H3,(H,19,21)/t12-/m0/s1. The molecule has 1 saturated heterocycles. The first-order chi connectivity index (χ1) is 10.8. The molecular formula is C17H25N3O3. The summed E-state index contributed by atoms with van der Waals surface area (Å²) in [6.45, 7) is 6.58. The lowest BCUT2D eigenvalue weighted by Crippen LogP contribution is -2.45.